The van der Waals surface area contributed by atoms with Gasteiger partial charge in [0.15, 0.2) is 34.3 Å². The Balaban J connectivity index is 0.000000163. The summed E-state index contributed by atoms with van der Waals surface area (Å²) in [6.07, 6.45) is 21.4. The van der Waals surface area contributed by atoms with Gasteiger partial charge in [-0.1, -0.05) is 0 Å². The lowest BCUT2D eigenvalue weighted by Crippen LogP contribution is -2.41. The van der Waals surface area contributed by atoms with Crippen molar-refractivity contribution in [1.29, 1.82) is 0 Å². The number of aryl methyl sites for hydroxylation is 3. The predicted molar refractivity (Wildman–Crippen MR) is 385 cm³/mol. The van der Waals surface area contributed by atoms with E-state index in [1.165, 1.54) is 77.9 Å². The number of pyridine rings is 3. The molecule has 3 aliphatic heterocycles. The van der Waals surface area contributed by atoms with Crippen molar-refractivity contribution in [2.45, 2.75) is 182 Å². The van der Waals surface area contributed by atoms with Gasteiger partial charge < -0.3 is 36.2 Å². The van der Waals surface area contributed by atoms with Gasteiger partial charge >= 0.3 is 6.09 Å². The Kier molecular flexibility index (Phi) is 26.0. The molecule has 5 N–H and O–H groups in total. The minimum absolute atomic E-state index is 0.0214. The number of carbonyl (C=O) groups is 4. The monoisotopic (exact) mass is 1430 g/mol. The molecule has 0 unspecified atom stereocenters. The molecule has 23 nitrogen and oxygen atoms in total. The van der Waals surface area contributed by atoms with Crippen molar-refractivity contribution in [2.24, 2.45) is 17.8 Å². The number of thiazole rings is 3. The van der Waals surface area contributed by atoms with Crippen LogP contribution in [0, 0.1) is 56.0 Å². The van der Waals surface area contributed by atoms with Crippen LogP contribution in [-0.4, -0.2) is 133 Å². The van der Waals surface area contributed by atoms with E-state index >= 15 is 0 Å². The summed E-state index contributed by atoms with van der Waals surface area (Å²) in [4.78, 5) is 106. The van der Waals surface area contributed by atoms with Crippen LogP contribution < -0.4 is 26.6 Å². The van der Waals surface area contributed by atoms with Gasteiger partial charge in [-0.05, 0) is 218 Å². The lowest BCUT2D eigenvalue weighted by molar-refractivity contribution is 0.0180. The molecule has 0 bridgehead atoms. The fourth-order valence-corrected chi connectivity index (χ4v) is 15.1. The van der Waals surface area contributed by atoms with Gasteiger partial charge in [-0.25, -0.2) is 47.9 Å². The van der Waals surface area contributed by atoms with E-state index in [1.807, 2.05) is 62.3 Å². The molecule has 9 aromatic heterocycles. The van der Waals surface area contributed by atoms with Crippen LogP contribution >= 0.6 is 34.0 Å². The van der Waals surface area contributed by atoms with E-state index in [-0.39, 0.29) is 47.5 Å². The Morgan fingerprint density at radius 2 is 0.800 bits per heavy atom. The molecular formula is C71H89F3N18O5S3. The van der Waals surface area contributed by atoms with Crippen LogP contribution in [0.2, 0.25) is 0 Å². The molecule has 532 valence electrons. The number of nitrogens with zero attached hydrogens (tertiary/aromatic N) is 13. The summed E-state index contributed by atoms with van der Waals surface area (Å²) in [7, 11) is 0. The molecule has 3 saturated heterocycles. The Hall–Kier alpha value is -8.25. The van der Waals surface area contributed by atoms with Crippen molar-refractivity contribution in [3.8, 4) is 0 Å². The first-order chi connectivity index (χ1) is 48.0. The zero-order valence-corrected chi connectivity index (χ0v) is 60.7. The third kappa shape index (κ3) is 21.2. The zero-order valence-electron chi connectivity index (χ0n) is 58.2. The number of anilines is 3. The summed E-state index contributed by atoms with van der Waals surface area (Å²) in [5, 5.41) is 18.7. The molecule has 100 heavy (non-hydrogen) atoms. The van der Waals surface area contributed by atoms with Crippen molar-refractivity contribution in [3.63, 3.8) is 0 Å². The highest BCUT2D eigenvalue weighted by Crippen LogP contribution is 2.33. The molecule has 0 aromatic carbocycles. The Morgan fingerprint density at radius 1 is 0.490 bits per heavy atom. The normalized spacial score (nSPS) is 15.7. The van der Waals surface area contributed by atoms with Crippen LogP contribution in [-0.2, 0) is 4.74 Å². The third-order valence-electron chi connectivity index (χ3n) is 17.8. The van der Waals surface area contributed by atoms with Crippen LogP contribution in [0.25, 0.3) is 31.0 Å². The molecule has 12 heterocycles. The van der Waals surface area contributed by atoms with Gasteiger partial charge in [0, 0.05) is 50.9 Å². The van der Waals surface area contributed by atoms with Gasteiger partial charge in [-0.2, -0.15) is 15.0 Å². The first-order valence-corrected chi connectivity index (χ1v) is 37.0. The van der Waals surface area contributed by atoms with Gasteiger partial charge in [0.25, 0.3) is 0 Å². The number of Topliss-reactive ketones (excluding diaryl/α,β-unsaturated/α-hetero) is 3. The maximum atomic E-state index is 13.6. The fraction of sp³-hybridized carbons (Fsp3) is 0.521. The van der Waals surface area contributed by atoms with E-state index in [1.54, 1.807) is 23.5 Å². The molecular weight excluding hydrogens is 1340 g/mol. The second-order valence-corrected chi connectivity index (χ2v) is 30.6. The molecule has 0 aliphatic carbocycles. The quantitative estimate of drug-likeness (QED) is 0.0351. The van der Waals surface area contributed by atoms with Crippen molar-refractivity contribution in [3.05, 3.63) is 122 Å². The standard InChI is InChI=1S/C27H35FN6O3S.2C22H27FN6OS/c1-16(19-13-20(28)15-29-14-19)30-25-32-22(23-24(33-25)31-17(2)38-23)21(35)8-6-7-18-9-11-34(12-10-18)26(36)37-27(3,4)5;2*1-13(16-10-17(23)12-25-11-16)26-22-28-19(20-21(29-22)27-14(2)31-20)18(30)5-3-4-15-6-8-24-9-7-15/h13-16,18H,6-12H2,1-5H3,(H,30,32,33);2*10-13,15,24H,3-9H2,1-2H3,(H,26,28,29)/t16-;2*13-/m000/s1. The molecule has 0 saturated carbocycles. The van der Waals surface area contributed by atoms with E-state index in [9.17, 15) is 32.3 Å². The highest BCUT2D eigenvalue weighted by atomic mass is 32.1. The average molecular weight is 1430 g/mol. The van der Waals surface area contributed by atoms with Crippen molar-refractivity contribution < 1.29 is 37.1 Å². The fourth-order valence-electron chi connectivity index (χ4n) is 12.5. The molecule has 29 heteroatoms. The van der Waals surface area contributed by atoms with Gasteiger partial charge in [0.2, 0.25) is 17.8 Å². The molecule has 3 fully saturated rings. The van der Waals surface area contributed by atoms with Crippen molar-refractivity contribution in [2.75, 3.05) is 55.2 Å². The number of carbonyl (C=O) groups excluding carboxylic acids is 4. The van der Waals surface area contributed by atoms with E-state index in [0.717, 1.165) is 121 Å². The molecule has 0 radical (unpaired) electrons. The number of ketones is 3. The molecule has 3 aliphatic rings. The van der Waals surface area contributed by atoms with E-state index in [0.29, 0.717) is 117 Å². The number of fused-ring (bicyclic) bond motifs is 3. The van der Waals surface area contributed by atoms with E-state index < -0.39 is 23.1 Å². The smallest absolute Gasteiger partial charge is 0.410 e. The Bertz CT molecular complexity index is 4110. The van der Waals surface area contributed by atoms with Gasteiger partial charge in [-0.3, -0.25) is 29.3 Å². The van der Waals surface area contributed by atoms with Gasteiger partial charge in [-0.15, -0.1) is 34.0 Å². The molecule has 1 amide bonds. The second kappa shape index (κ2) is 34.9. The number of aromatic nitrogens is 12. The first-order valence-electron chi connectivity index (χ1n) is 34.5. The topological polar surface area (TPSA) is 296 Å². The van der Waals surface area contributed by atoms with Crippen LogP contribution in [0.15, 0.2) is 55.4 Å². The summed E-state index contributed by atoms with van der Waals surface area (Å²) in [5.74, 6) is 1.54. The van der Waals surface area contributed by atoms with Gasteiger partial charge in [0.05, 0.1) is 51.7 Å². The minimum atomic E-state index is -0.499. The number of hydrogen-bond acceptors (Lipinski definition) is 25. The Labute approximate surface area is 592 Å². The maximum Gasteiger partial charge on any atom is 0.410 e. The van der Waals surface area contributed by atoms with Gasteiger partial charge in [0.1, 0.15) is 54.2 Å². The zero-order chi connectivity index (χ0) is 71.0. The average Bonchev–Trinajstić information content (AvgIpc) is 1.63. The summed E-state index contributed by atoms with van der Waals surface area (Å²) in [6, 6.07) is 3.38. The highest BCUT2D eigenvalue weighted by molar-refractivity contribution is 7.19. The first kappa shape index (κ1) is 74.4. The molecule has 3 atom stereocenters. The number of hydrogen-bond donors (Lipinski definition) is 5. The molecule has 0 spiro atoms. The number of piperidine rings is 3. The largest absolute Gasteiger partial charge is 0.444 e. The second-order valence-electron chi connectivity index (χ2n) is 27.0. The van der Waals surface area contributed by atoms with Crippen LogP contribution in [0.1, 0.15) is 219 Å². The summed E-state index contributed by atoms with van der Waals surface area (Å²) in [5.41, 5.74) is 4.23. The number of rotatable bonds is 24. The maximum absolute atomic E-state index is 13.6. The van der Waals surface area contributed by atoms with Crippen molar-refractivity contribution in [1.82, 2.24) is 75.3 Å². The SMILES string of the molecule is Cc1nc2nc(N[C@@H](C)c3cncc(F)c3)nc(C(=O)CCCC3CCN(C(=O)OC(C)(C)C)CC3)c2s1.Cc1nc2nc(N[C@@H](C)c3cncc(F)c3)nc(C(=O)CCCC3CCNCC3)c2s1.Cc1nc2nc(N[C@@H](C)c3cncc(F)c3)nc(C(=O)CCCC3CCNCC3)c2s1. The van der Waals surface area contributed by atoms with E-state index in [2.05, 4.69) is 86.4 Å². The van der Waals surface area contributed by atoms with Crippen LogP contribution in [0.4, 0.5) is 35.8 Å². The third-order valence-corrected chi connectivity index (χ3v) is 20.7. The number of amides is 1. The predicted octanol–water partition coefficient (Wildman–Crippen LogP) is 15.0. The van der Waals surface area contributed by atoms with Crippen LogP contribution in [0.3, 0.4) is 0 Å². The van der Waals surface area contributed by atoms with Crippen LogP contribution in [0.5, 0.6) is 0 Å². The summed E-state index contributed by atoms with van der Waals surface area (Å²) >= 11 is 4.29. The summed E-state index contributed by atoms with van der Waals surface area (Å²) < 4.78 is 48.3. The highest BCUT2D eigenvalue weighted by Gasteiger charge is 2.29. The number of likely N-dealkylation sites (tertiary alicyclic amines) is 1. The van der Waals surface area contributed by atoms with Crippen molar-refractivity contribution >= 4 is 106 Å². The summed E-state index contributed by atoms with van der Waals surface area (Å²) in [6.45, 7) is 22.5. The number of nitrogens with one attached hydrogen (secondary N) is 5. The minimum Gasteiger partial charge on any atom is -0.444 e. The number of halogens is 3. The molecule has 12 rings (SSSR count). The van der Waals surface area contributed by atoms with E-state index in [4.69, 9.17) is 4.74 Å². The number of ether oxygens (including phenoxy) is 1. The lowest BCUT2D eigenvalue weighted by atomic mass is 9.91. The lowest BCUT2D eigenvalue weighted by Gasteiger charge is -2.33. The Morgan fingerprint density at radius 3 is 1.10 bits per heavy atom. The molecule has 9 aromatic rings.